The Labute approximate surface area is 157 Å². The van der Waals surface area contributed by atoms with Crippen LogP contribution < -0.4 is 4.74 Å². The Balaban J connectivity index is 1.64. The second-order valence-electron chi connectivity index (χ2n) is 5.73. The molecule has 0 bridgehead atoms. The number of fused-ring (bicyclic) bond motifs is 1. The van der Waals surface area contributed by atoms with Crippen molar-refractivity contribution in [2.45, 2.75) is 6.61 Å². The lowest BCUT2D eigenvalue weighted by atomic mass is 10.1. The summed E-state index contributed by atoms with van der Waals surface area (Å²) in [6, 6.07) is 12.4. The topological polar surface area (TPSA) is 78.2 Å². The number of nitrogens with zero attached hydrogens (tertiary/aromatic N) is 3. The number of rotatable bonds is 5. The van der Waals surface area contributed by atoms with Gasteiger partial charge in [-0.1, -0.05) is 12.1 Å². The Morgan fingerprint density at radius 2 is 1.81 bits per heavy atom. The van der Waals surface area contributed by atoms with Crippen LogP contribution in [0.1, 0.15) is 5.56 Å². The van der Waals surface area contributed by atoms with Crippen LogP contribution in [0.15, 0.2) is 60.2 Å². The molecular formula is C19H12FN3O3S. The molecule has 0 aliphatic rings. The van der Waals surface area contributed by atoms with E-state index in [-0.39, 0.29) is 18.1 Å². The molecule has 0 amide bonds. The van der Waals surface area contributed by atoms with Crippen LogP contribution in [0.3, 0.4) is 0 Å². The molecule has 0 aliphatic carbocycles. The number of hydrogen-bond donors (Lipinski definition) is 0. The van der Waals surface area contributed by atoms with Gasteiger partial charge in [0.15, 0.2) is 0 Å². The summed E-state index contributed by atoms with van der Waals surface area (Å²) in [5, 5.41) is 13.4. The zero-order valence-corrected chi connectivity index (χ0v) is 14.6. The van der Waals surface area contributed by atoms with Crippen LogP contribution in [-0.2, 0) is 6.61 Å². The lowest BCUT2D eigenvalue weighted by molar-refractivity contribution is -0.384. The Hall–Kier alpha value is -3.39. The molecule has 8 heteroatoms. The van der Waals surface area contributed by atoms with Crippen molar-refractivity contribution in [2.24, 2.45) is 0 Å². The van der Waals surface area contributed by atoms with Gasteiger partial charge in [0.05, 0.1) is 10.3 Å². The standard InChI is InChI=1S/C19H12FN3O3S/c20-14-5-3-13(4-6-14)16-10-27-19-17(16)18(21-11-22-19)26-9-12-1-7-15(8-2-12)23(24)25/h1-8,10-11H,9H2. The van der Waals surface area contributed by atoms with E-state index in [1.807, 2.05) is 5.38 Å². The summed E-state index contributed by atoms with van der Waals surface area (Å²) in [5.41, 5.74) is 2.53. The minimum Gasteiger partial charge on any atom is -0.472 e. The first-order valence-corrected chi connectivity index (χ1v) is 8.84. The second-order valence-corrected chi connectivity index (χ2v) is 6.59. The third kappa shape index (κ3) is 3.47. The molecule has 0 aliphatic heterocycles. The van der Waals surface area contributed by atoms with E-state index in [0.29, 0.717) is 5.88 Å². The molecule has 0 saturated heterocycles. The van der Waals surface area contributed by atoms with Crippen LogP contribution >= 0.6 is 11.3 Å². The molecule has 0 spiro atoms. The summed E-state index contributed by atoms with van der Waals surface area (Å²) in [6.45, 7) is 0.211. The highest BCUT2D eigenvalue weighted by Gasteiger charge is 2.14. The van der Waals surface area contributed by atoms with Crippen molar-refractivity contribution in [3.63, 3.8) is 0 Å². The molecule has 0 unspecified atom stereocenters. The minimum absolute atomic E-state index is 0.0274. The van der Waals surface area contributed by atoms with Crippen LogP contribution in [0.5, 0.6) is 5.88 Å². The monoisotopic (exact) mass is 381 g/mol. The van der Waals surface area contributed by atoms with Gasteiger partial charge in [0.25, 0.3) is 5.69 Å². The van der Waals surface area contributed by atoms with Crippen LogP contribution in [0, 0.1) is 15.9 Å². The lowest BCUT2D eigenvalue weighted by Gasteiger charge is -2.08. The largest absolute Gasteiger partial charge is 0.472 e. The number of nitro benzene ring substituents is 1. The molecule has 0 radical (unpaired) electrons. The van der Waals surface area contributed by atoms with E-state index in [4.69, 9.17) is 4.74 Å². The molecule has 0 atom stereocenters. The summed E-state index contributed by atoms with van der Waals surface area (Å²) in [6.07, 6.45) is 1.43. The third-order valence-electron chi connectivity index (χ3n) is 4.01. The van der Waals surface area contributed by atoms with Crippen LogP contribution in [0.4, 0.5) is 10.1 Å². The summed E-state index contributed by atoms with van der Waals surface area (Å²) >= 11 is 1.45. The average Bonchev–Trinajstić information content (AvgIpc) is 3.12. The van der Waals surface area contributed by atoms with Crippen LogP contribution in [0.2, 0.25) is 0 Å². The fraction of sp³-hybridized carbons (Fsp3) is 0.0526. The quantitative estimate of drug-likeness (QED) is 0.360. The van der Waals surface area contributed by atoms with Gasteiger partial charge in [0, 0.05) is 23.1 Å². The number of halogens is 1. The summed E-state index contributed by atoms with van der Waals surface area (Å²) in [7, 11) is 0. The number of hydrogen-bond acceptors (Lipinski definition) is 6. The smallest absolute Gasteiger partial charge is 0.269 e. The van der Waals surface area contributed by atoms with Crippen LogP contribution in [0.25, 0.3) is 21.3 Å². The minimum atomic E-state index is -0.446. The zero-order chi connectivity index (χ0) is 18.8. The van der Waals surface area contributed by atoms with Crippen molar-refractivity contribution in [2.75, 3.05) is 0 Å². The van der Waals surface area contributed by atoms with Gasteiger partial charge in [0.1, 0.15) is 23.6 Å². The highest BCUT2D eigenvalue weighted by molar-refractivity contribution is 7.17. The van der Waals surface area contributed by atoms with Gasteiger partial charge in [-0.2, -0.15) is 0 Å². The molecule has 4 rings (SSSR count). The Morgan fingerprint density at radius 3 is 2.52 bits per heavy atom. The third-order valence-corrected chi connectivity index (χ3v) is 4.90. The molecule has 2 aromatic heterocycles. The zero-order valence-electron chi connectivity index (χ0n) is 13.8. The Bertz CT molecular complexity index is 1110. The van der Waals surface area contributed by atoms with Gasteiger partial charge >= 0.3 is 0 Å². The number of benzene rings is 2. The second kappa shape index (κ2) is 7.08. The number of aromatic nitrogens is 2. The molecule has 0 saturated carbocycles. The maximum absolute atomic E-state index is 13.2. The fourth-order valence-corrected chi connectivity index (χ4v) is 3.57. The predicted octanol–water partition coefficient (Wildman–Crippen LogP) is 4.98. The first-order chi connectivity index (χ1) is 13.1. The van der Waals surface area contributed by atoms with Gasteiger partial charge in [0.2, 0.25) is 5.88 Å². The molecule has 0 N–H and O–H groups in total. The highest BCUT2D eigenvalue weighted by atomic mass is 32.1. The predicted molar refractivity (Wildman–Crippen MR) is 100 cm³/mol. The lowest BCUT2D eigenvalue weighted by Crippen LogP contribution is -1.99. The van der Waals surface area contributed by atoms with E-state index in [0.717, 1.165) is 26.9 Å². The maximum Gasteiger partial charge on any atom is 0.269 e. The average molecular weight is 381 g/mol. The SMILES string of the molecule is O=[N+]([O-])c1ccc(COc2ncnc3scc(-c4ccc(F)cc4)c23)cc1. The summed E-state index contributed by atoms with van der Waals surface area (Å²) in [4.78, 5) is 19.6. The summed E-state index contributed by atoms with van der Waals surface area (Å²) < 4.78 is 19.1. The van der Waals surface area contributed by atoms with Crippen molar-refractivity contribution in [1.82, 2.24) is 9.97 Å². The van der Waals surface area contributed by atoms with Gasteiger partial charge in [-0.25, -0.2) is 14.4 Å². The Morgan fingerprint density at radius 1 is 1.07 bits per heavy atom. The van der Waals surface area contributed by atoms with E-state index in [1.165, 1.54) is 41.9 Å². The van der Waals surface area contributed by atoms with E-state index >= 15 is 0 Å². The van der Waals surface area contributed by atoms with Crippen molar-refractivity contribution in [1.29, 1.82) is 0 Å². The van der Waals surface area contributed by atoms with Crippen molar-refractivity contribution in [3.05, 3.63) is 81.7 Å². The van der Waals surface area contributed by atoms with Gasteiger partial charge in [-0.3, -0.25) is 10.1 Å². The normalized spacial score (nSPS) is 10.9. The fourth-order valence-electron chi connectivity index (χ4n) is 2.66. The van der Waals surface area contributed by atoms with E-state index in [1.54, 1.807) is 24.3 Å². The van der Waals surface area contributed by atoms with Crippen molar-refractivity contribution < 1.29 is 14.1 Å². The van der Waals surface area contributed by atoms with Gasteiger partial charge in [-0.15, -0.1) is 11.3 Å². The number of ether oxygens (including phenoxy) is 1. The molecule has 2 aromatic carbocycles. The highest BCUT2D eigenvalue weighted by Crippen LogP contribution is 2.37. The summed E-state index contributed by atoms with van der Waals surface area (Å²) in [5.74, 6) is 0.114. The Kier molecular flexibility index (Phi) is 4.47. The molecule has 27 heavy (non-hydrogen) atoms. The molecule has 2 heterocycles. The van der Waals surface area contributed by atoms with Crippen molar-refractivity contribution in [3.8, 4) is 17.0 Å². The number of non-ortho nitro benzene ring substituents is 1. The van der Waals surface area contributed by atoms with E-state index in [2.05, 4.69) is 9.97 Å². The first kappa shape index (κ1) is 17.0. The van der Waals surface area contributed by atoms with Crippen LogP contribution in [-0.4, -0.2) is 14.9 Å². The van der Waals surface area contributed by atoms with Gasteiger partial charge < -0.3 is 4.74 Å². The van der Waals surface area contributed by atoms with Crippen molar-refractivity contribution >= 4 is 27.2 Å². The molecular weight excluding hydrogens is 369 g/mol. The maximum atomic E-state index is 13.2. The molecule has 6 nitrogen and oxygen atoms in total. The molecule has 134 valence electrons. The molecule has 0 fully saturated rings. The first-order valence-electron chi connectivity index (χ1n) is 7.96. The van der Waals surface area contributed by atoms with E-state index in [9.17, 15) is 14.5 Å². The van der Waals surface area contributed by atoms with Gasteiger partial charge in [-0.05, 0) is 35.4 Å². The number of thiophene rings is 1. The molecule has 4 aromatic rings. The number of nitro groups is 1. The van der Waals surface area contributed by atoms with E-state index < -0.39 is 4.92 Å².